The van der Waals surface area contributed by atoms with E-state index >= 15 is 0 Å². The predicted octanol–water partition coefficient (Wildman–Crippen LogP) is -0.115. The van der Waals surface area contributed by atoms with E-state index < -0.39 is 5.91 Å². The topological polar surface area (TPSA) is 101 Å². The highest BCUT2D eigenvalue weighted by Crippen LogP contribution is 2.12. The second-order valence-corrected chi connectivity index (χ2v) is 2.91. The molecule has 0 aliphatic rings. The van der Waals surface area contributed by atoms with Crippen LogP contribution >= 0.6 is 11.3 Å². The molecular weight excluding hydrogens is 192 g/mol. The Morgan fingerprint density at radius 2 is 2.54 bits per heavy atom. The standard InChI is InChI=1S/C6H7N4O2S/c1-12-10-4(5(7)11)3-2-13-6(8)9-3/h2,7H,1H3,(H2,8,9)/b10-4+. The van der Waals surface area contributed by atoms with E-state index in [-0.39, 0.29) is 11.4 Å². The maximum Gasteiger partial charge on any atom is 0.294 e. The lowest BCUT2D eigenvalue weighted by Gasteiger charge is -1.94. The van der Waals surface area contributed by atoms with Crippen LogP contribution in [0.15, 0.2) is 10.5 Å². The second-order valence-electron chi connectivity index (χ2n) is 2.02. The van der Waals surface area contributed by atoms with Crippen LogP contribution < -0.4 is 11.5 Å². The third-order valence-corrected chi connectivity index (χ3v) is 1.84. The van der Waals surface area contributed by atoms with E-state index in [1.807, 2.05) is 0 Å². The van der Waals surface area contributed by atoms with Crippen molar-refractivity contribution < 1.29 is 9.63 Å². The Balaban J connectivity index is 3.02. The molecule has 1 amide bonds. The summed E-state index contributed by atoms with van der Waals surface area (Å²) in [5.74, 6) is -0.952. The van der Waals surface area contributed by atoms with E-state index in [4.69, 9.17) is 11.5 Å². The summed E-state index contributed by atoms with van der Waals surface area (Å²) in [5, 5.41) is 5.24. The predicted molar refractivity (Wildman–Crippen MR) is 48.2 cm³/mol. The first kappa shape index (κ1) is 9.46. The molecule has 0 aromatic carbocycles. The van der Waals surface area contributed by atoms with E-state index in [0.29, 0.717) is 5.13 Å². The number of carbonyl (C=O) groups excluding carboxylic acids is 1. The summed E-state index contributed by atoms with van der Waals surface area (Å²) in [7, 11) is 1.29. The quantitative estimate of drug-likeness (QED) is 0.541. The fourth-order valence-corrected chi connectivity index (χ4v) is 1.24. The normalized spacial score (nSPS) is 11.3. The molecule has 1 heterocycles. The summed E-state index contributed by atoms with van der Waals surface area (Å²) in [6.45, 7) is 0. The molecule has 0 unspecified atom stereocenters. The number of nitrogen functional groups attached to an aromatic ring is 1. The molecule has 0 aliphatic carbocycles. The lowest BCUT2D eigenvalue weighted by molar-refractivity contribution is -0.112. The first-order valence-corrected chi connectivity index (χ1v) is 4.11. The van der Waals surface area contributed by atoms with Crippen molar-refractivity contribution in [2.45, 2.75) is 0 Å². The van der Waals surface area contributed by atoms with Gasteiger partial charge < -0.3 is 10.6 Å². The molecule has 0 atom stereocenters. The van der Waals surface area contributed by atoms with E-state index in [1.54, 1.807) is 5.38 Å². The van der Waals surface area contributed by atoms with Crippen LogP contribution in [0.1, 0.15) is 5.69 Å². The monoisotopic (exact) mass is 199 g/mol. The molecule has 1 radical (unpaired) electrons. The van der Waals surface area contributed by atoms with Gasteiger partial charge in [-0.05, 0) is 0 Å². The van der Waals surface area contributed by atoms with Gasteiger partial charge in [0.2, 0.25) is 0 Å². The molecule has 3 N–H and O–H groups in total. The number of amides is 1. The third-order valence-electron chi connectivity index (χ3n) is 1.16. The Labute approximate surface area is 78.2 Å². The van der Waals surface area contributed by atoms with Gasteiger partial charge in [-0.2, -0.15) is 0 Å². The molecule has 0 aliphatic heterocycles. The molecule has 0 bridgehead atoms. The lowest BCUT2D eigenvalue weighted by atomic mass is 10.3. The smallest absolute Gasteiger partial charge is 0.294 e. The van der Waals surface area contributed by atoms with Gasteiger partial charge in [0.1, 0.15) is 12.8 Å². The average molecular weight is 199 g/mol. The number of oxime groups is 1. The number of rotatable bonds is 3. The Bertz CT molecular complexity index is 346. The maximum atomic E-state index is 10.7. The number of anilines is 1. The molecule has 6 nitrogen and oxygen atoms in total. The van der Waals surface area contributed by atoms with E-state index in [2.05, 4.69) is 15.0 Å². The highest BCUT2D eigenvalue weighted by atomic mass is 32.1. The summed E-state index contributed by atoms with van der Waals surface area (Å²) < 4.78 is 0. The molecule has 1 rings (SSSR count). The van der Waals surface area contributed by atoms with Crippen LogP contribution in [0.4, 0.5) is 5.13 Å². The number of carbonyl (C=O) groups is 1. The lowest BCUT2D eigenvalue weighted by Crippen LogP contribution is -2.17. The molecule has 0 saturated carbocycles. The summed E-state index contributed by atoms with van der Waals surface area (Å²) in [5.41, 5.74) is 12.3. The van der Waals surface area contributed by atoms with Crippen molar-refractivity contribution in [2.24, 2.45) is 5.16 Å². The largest absolute Gasteiger partial charge is 0.398 e. The molecule has 69 valence electrons. The van der Waals surface area contributed by atoms with Gasteiger partial charge in [-0.1, -0.05) is 5.16 Å². The fraction of sp³-hybridized carbons (Fsp3) is 0.167. The average Bonchev–Trinajstić information content (AvgIpc) is 2.46. The van der Waals surface area contributed by atoms with Gasteiger partial charge >= 0.3 is 0 Å². The van der Waals surface area contributed by atoms with Gasteiger partial charge in [0.05, 0.1) is 0 Å². The third kappa shape index (κ3) is 2.15. The van der Waals surface area contributed by atoms with Crippen LogP contribution in [0.2, 0.25) is 0 Å². The summed E-state index contributed by atoms with van der Waals surface area (Å²) in [6, 6.07) is 0. The maximum absolute atomic E-state index is 10.7. The Morgan fingerprint density at radius 3 is 2.92 bits per heavy atom. The number of thiazole rings is 1. The van der Waals surface area contributed by atoms with Gasteiger partial charge in [0.25, 0.3) is 5.91 Å². The number of nitrogens with one attached hydrogen (secondary N) is 1. The zero-order chi connectivity index (χ0) is 9.84. The molecule has 0 spiro atoms. The van der Waals surface area contributed by atoms with Crippen molar-refractivity contribution in [3.8, 4) is 0 Å². The van der Waals surface area contributed by atoms with E-state index in [9.17, 15) is 4.79 Å². The van der Waals surface area contributed by atoms with Gasteiger partial charge in [0, 0.05) is 5.38 Å². The number of aromatic nitrogens is 1. The summed E-state index contributed by atoms with van der Waals surface area (Å²) >= 11 is 1.17. The van der Waals surface area contributed by atoms with Gasteiger partial charge in [-0.15, -0.1) is 11.3 Å². The Hall–Kier alpha value is -1.63. The molecule has 0 saturated heterocycles. The number of nitrogens with two attached hydrogens (primary N) is 1. The molecule has 13 heavy (non-hydrogen) atoms. The fourth-order valence-electron chi connectivity index (χ4n) is 0.692. The number of hydrogen-bond donors (Lipinski definition) is 1. The molecule has 1 aromatic heterocycles. The minimum Gasteiger partial charge on any atom is -0.398 e. The van der Waals surface area contributed by atoms with Gasteiger partial charge in [-0.25, -0.2) is 4.98 Å². The number of nitrogens with zero attached hydrogens (tertiary/aromatic N) is 2. The SMILES string of the molecule is CO/N=C(/C([NH])=O)c1csc(N)n1. The minimum absolute atomic E-state index is 0.143. The van der Waals surface area contributed by atoms with Crippen LogP contribution in [0.5, 0.6) is 0 Å². The van der Waals surface area contributed by atoms with E-state index in [0.717, 1.165) is 0 Å². The summed E-state index contributed by atoms with van der Waals surface area (Å²) in [6.07, 6.45) is 0. The first-order valence-electron chi connectivity index (χ1n) is 3.23. The Morgan fingerprint density at radius 1 is 1.85 bits per heavy atom. The van der Waals surface area contributed by atoms with Crippen molar-refractivity contribution in [3.63, 3.8) is 0 Å². The summed E-state index contributed by atoms with van der Waals surface area (Å²) in [4.78, 5) is 18.9. The molecule has 1 aromatic rings. The Kier molecular flexibility index (Phi) is 2.80. The molecular formula is C6H7N4O2S. The second kappa shape index (κ2) is 3.85. The van der Waals surface area contributed by atoms with Crippen LogP contribution in [0.25, 0.3) is 0 Å². The zero-order valence-electron chi connectivity index (χ0n) is 6.77. The van der Waals surface area contributed by atoms with Crippen molar-refractivity contribution in [3.05, 3.63) is 11.1 Å². The van der Waals surface area contributed by atoms with Gasteiger partial charge in [-0.3, -0.25) is 10.5 Å². The van der Waals surface area contributed by atoms with E-state index in [1.165, 1.54) is 18.4 Å². The van der Waals surface area contributed by atoms with Crippen molar-refractivity contribution in [1.82, 2.24) is 10.7 Å². The zero-order valence-corrected chi connectivity index (χ0v) is 7.59. The minimum atomic E-state index is -0.952. The number of hydrogen-bond acceptors (Lipinski definition) is 6. The van der Waals surface area contributed by atoms with Crippen LogP contribution in [-0.2, 0) is 9.63 Å². The highest BCUT2D eigenvalue weighted by Gasteiger charge is 2.15. The highest BCUT2D eigenvalue weighted by molar-refractivity contribution is 7.13. The van der Waals surface area contributed by atoms with Crippen LogP contribution in [0, 0.1) is 0 Å². The first-order chi connectivity index (χ1) is 6.15. The van der Waals surface area contributed by atoms with Gasteiger partial charge in [0.15, 0.2) is 10.8 Å². The van der Waals surface area contributed by atoms with Crippen LogP contribution in [0.3, 0.4) is 0 Å². The van der Waals surface area contributed by atoms with Crippen LogP contribution in [-0.4, -0.2) is 23.7 Å². The van der Waals surface area contributed by atoms with Crippen molar-refractivity contribution in [1.29, 1.82) is 0 Å². The molecule has 7 heteroatoms. The van der Waals surface area contributed by atoms with Crippen molar-refractivity contribution in [2.75, 3.05) is 12.8 Å². The van der Waals surface area contributed by atoms with Crippen molar-refractivity contribution >= 4 is 28.1 Å². The molecule has 0 fully saturated rings.